The van der Waals surface area contributed by atoms with Gasteiger partial charge in [-0.3, -0.25) is 4.90 Å². The zero-order valence-corrected chi connectivity index (χ0v) is 14.1. The molecule has 1 aliphatic heterocycles. The lowest BCUT2D eigenvalue weighted by atomic mass is 10.1. The Balaban J connectivity index is 1.92. The van der Waals surface area contributed by atoms with E-state index in [1.54, 1.807) is 6.26 Å². The molecular formula is C17H30N2O2. The molecule has 0 aliphatic carbocycles. The van der Waals surface area contributed by atoms with E-state index in [9.17, 15) is 0 Å². The zero-order valence-electron chi connectivity index (χ0n) is 14.1. The molecule has 21 heavy (non-hydrogen) atoms. The minimum Gasteiger partial charge on any atom is -0.468 e. The second-order valence-corrected chi connectivity index (χ2v) is 7.25. The van der Waals surface area contributed by atoms with Gasteiger partial charge in [0.15, 0.2) is 0 Å². The monoisotopic (exact) mass is 294 g/mol. The average molecular weight is 294 g/mol. The summed E-state index contributed by atoms with van der Waals surface area (Å²) in [4.78, 5) is 2.43. The predicted molar refractivity (Wildman–Crippen MR) is 85.2 cm³/mol. The molecule has 120 valence electrons. The smallest absolute Gasteiger partial charge is 0.122 e. The first kappa shape index (κ1) is 16.5. The van der Waals surface area contributed by atoms with Crippen molar-refractivity contribution in [2.75, 3.05) is 19.6 Å². The van der Waals surface area contributed by atoms with Crippen LogP contribution in [0.3, 0.4) is 0 Å². The first-order chi connectivity index (χ1) is 9.85. The molecule has 0 spiro atoms. The fraction of sp³-hybridized carbons (Fsp3) is 0.765. The number of ether oxygens (including phenoxy) is 1. The number of hydrogen-bond donors (Lipinski definition) is 1. The Kier molecular flexibility index (Phi) is 5.47. The quantitative estimate of drug-likeness (QED) is 0.875. The number of nitrogens with one attached hydrogen (secondary N) is 1. The van der Waals surface area contributed by atoms with Crippen molar-refractivity contribution in [1.29, 1.82) is 0 Å². The number of rotatable bonds is 6. The first-order valence-corrected chi connectivity index (χ1v) is 8.02. The van der Waals surface area contributed by atoms with Gasteiger partial charge in [0.25, 0.3) is 0 Å². The highest BCUT2D eigenvalue weighted by Crippen LogP contribution is 2.23. The molecule has 0 bridgehead atoms. The van der Waals surface area contributed by atoms with Crippen LogP contribution < -0.4 is 5.32 Å². The summed E-state index contributed by atoms with van der Waals surface area (Å²) in [6, 6.07) is 2.08. The topological polar surface area (TPSA) is 37.6 Å². The number of furan rings is 1. The molecule has 1 N–H and O–H groups in total. The Morgan fingerprint density at radius 3 is 2.86 bits per heavy atom. The molecule has 1 unspecified atom stereocenters. The summed E-state index contributed by atoms with van der Waals surface area (Å²) < 4.78 is 11.7. The van der Waals surface area contributed by atoms with E-state index in [0.29, 0.717) is 5.92 Å². The van der Waals surface area contributed by atoms with Gasteiger partial charge >= 0.3 is 0 Å². The van der Waals surface area contributed by atoms with Gasteiger partial charge in [0.2, 0.25) is 0 Å². The summed E-state index contributed by atoms with van der Waals surface area (Å²) in [5.41, 5.74) is 1.19. The van der Waals surface area contributed by atoms with Crippen molar-refractivity contribution in [3.63, 3.8) is 0 Å². The summed E-state index contributed by atoms with van der Waals surface area (Å²) in [7, 11) is 0. The van der Waals surface area contributed by atoms with E-state index in [0.717, 1.165) is 38.5 Å². The Morgan fingerprint density at radius 1 is 1.43 bits per heavy atom. The van der Waals surface area contributed by atoms with Gasteiger partial charge in [-0.2, -0.15) is 0 Å². The van der Waals surface area contributed by atoms with Crippen molar-refractivity contribution in [2.45, 2.75) is 59.4 Å². The van der Waals surface area contributed by atoms with Crippen molar-refractivity contribution >= 4 is 0 Å². The lowest BCUT2D eigenvalue weighted by Gasteiger charge is -2.41. The molecule has 1 atom stereocenters. The van der Waals surface area contributed by atoms with Crippen molar-refractivity contribution < 1.29 is 9.15 Å². The molecule has 2 rings (SSSR count). The molecule has 0 aromatic carbocycles. The Hall–Kier alpha value is -0.840. The molecular weight excluding hydrogens is 264 g/mol. The molecule has 4 heteroatoms. The van der Waals surface area contributed by atoms with Gasteiger partial charge in [0.1, 0.15) is 5.76 Å². The number of hydrogen-bond acceptors (Lipinski definition) is 4. The summed E-state index contributed by atoms with van der Waals surface area (Å²) >= 11 is 0. The van der Waals surface area contributed by atoms with E-state index < -0.39 is 0 Å². The maximum absolute atomic E-state index is 5.96. The van der Waals surface area contributed by atoms with E-state index in [4.69, 9.17) is 9.15 Å². The number of morpholine rings is 1. The Morgan fingerprint density at radius 2 is 2.19 bits per heavy atom. The van der Waals surface area contributed by atoms with Gasteiger partial charge in [-0.25, -0.2) is 0 Å². The predicted octanol–water partition coefficient (Wildman–Crippen LogP) is 3.02. The van der Waals surface area contributed by atoms with Crippen LogP contribution in [0.2, 0.25) is 0 Å². The van der Waals surface area contributed by atoms with Crippen LogP contribution in [0.25, 0.3) is 0 Å². The third-order valence-electron chi connectivity index (χ3n) is 3.71. The molecule has 2 heterocycles. The summed E-state index contributed by atoms with van der Waals surface area (Å²) in [6.07, 6.45) is 2.07. The molecule has 1 saturated heterocycles. The van der Waals surface area contributed by atoms with E-state index in [-0.39, 0.29) is 11.7 Å². The van der Waals surface area contributed by atoms with Gasteiger partial charge < -0.3 is 14.5 Å². The van der Waals surface area contributed by atoms with Crippen molar-refractivity contribution in [2.24, 2.45) is 5.92 Å². The first-order valence-electron chi connectivity index (χ1n) is 8.02. The van der Waals surface area contributed by atoms with E-state index in [1.807, 2.05) is 0 Å². The lowest BCUT2D eigenvalue weighted by molar-refractivity contribution is -0.131. The van der Waals surface area contributed by atoms with Crippen molar-refractivity contribution in [1.82, 2.24) is 10.2 Å². The van der Waals surface area contributed by atoms with Gasteiger partial charge in [-0.05, 0) is 39.3 Å². The largest absolute Gasteiger partial charge is 0.468 e. The Labute approximate surface area is 128 Å². The molecule has 1 aromatic rings. The third kappa shape index (κ3) is 5.13. The SMILES string of the molecule is CC(C)CNCc1ccoc1CN1CC(C)OC(C)(C)C1. The molecule has 0 amide bonds. The van der Waals surface area contributed by atoms with Gasteiger partial charge in [0, 0.05) is 25.2 Å². The molecule has 0 radical (unpaired) electrons. The average Bonchev–Trinajstić information content (AvgIpc) is 2.73. The third-order valence-corrected chi connectivity index (χ3v) is 3.71. The standard InChI is InChI=1S/C17H30N2O2/c1-13(2)8-18-9-15-6-7-20-16(15)11-19-10-14(3)21-17(4,5)12-19/h6-7,13-14,18H,8-12H2,1-5H3. The fourth-order valence-electron chi connectivity index (χ4n) is 3.07. The van der Waals surface area contributed by atoms with Gasteiger partial charge in [-0.15, -0.1) is 0 Å². The van der Waals surface area contributed by atoms with Crippen LogP contribution in [-0.2, 0) is 17.8 Å². The van der Waals surface area contributed by atoms with Crippen LogP contribution in [0.15, 0.2) is 16.7 Å². The van der Waals surface area contributed by atoms with Crippen molar-refractivity contribution in [3.8, 4) is 0 Å². The summed E-state index contributed by atoms with van der Waals surface area (Å²) in [6.45, 7) is 15.6. The molecule has 1 aliphatic rings. The van der Waals surface area contributed by atoms with Gasteiger partial charge in [0.05, 0.1) is 24.5 Å². The molecule has 0 saturated carbocycles. The molecule has 1 aromatic heterocycles. The van der Waals surface area contributed by atoms with E-state index in [2.05, 4.69) is 50.9 Å². The minimum absolute atomic E-state index is 0.0830. The fourth-order valence-corrected chi connectivity index (χ4v) is 3.07. The van der Waals surface area contributed by atoms with E-state index >= 15 is 0 Å². The van der Waals surface area contributed by atoms with Crippen LogP contribution in [0.5, 0.6) is 0 Å². The van der Waals surface area contributed by atoms with Crippen molar-refractivity contribution in [3.05, 3.63) is 23.7 Å². The number of nitrogens with zero attached hydrogens (tertiary/aromatic N) is 1. The summed E-state index contributed by atoms with van der Waals surface area (Å²) in [5, 5.41) is 3.49. The maximum Gasteiger partial charge on any atom is 0.122 e. The van der Waals surface area contributed by atoms with E-state index in [1.165, 1.54) is 5.56 Å². The lowest BCUT2D eigenvalue weighted by Crippen LogP contribution is -2.51. The molecule has 1 fully saturated rings. The summed E-state index contributed by atoms with van der Waals surface area (Å²) in [5.74, 6) is 1.75. The second kappa shape index (κ2) is 6.95. The highest BCUT2D eigenvalue weighted by molar-refractivity contribution is 5.17. The normalized spacial score (nSPS) is 22.9. The highest BCUT2D eigenvalue weighted by Gasteiger charge is 2.31. The van der Waals surface area contributed by atoms with Gasteiger partial charge in [-0.1, -0.05) is 13.8 Å². The minimum atomic E-state index is -0.0830. The second-order valence-electron chi connectivity index (χ2n) is 7.25. The highest BCUT2D eigenvalue weighted by atomic mass is 16.5. The van der Waals surface area contributed by atoms with Crippen LogP contribution >= 0.6 is 0 Å². The van der Waals surface area contributed by atoms with Crippen LogP contribution in [0.4, 0.5) is 0 Å². The van der Waals surface area contributed by atoms with Crippen LogP contribution in [0.1, 0.15) is 45.9 Å². The van der Waals surface area contributed by atoms with Crippen LogP contribution in [0, 0.1) is 5.92 Å². The maximum atomic E-state index is 5.96. The zero-order chi connectivity index (χ0) is 15.5. The van der Waals surface area contributed by atoms with Crippen LogP contribution in [-0.4, -0.2) is 36.2 Å². The Bertz CT molecular complexity index is 440. The molecule has 4 nitrogen and oxygen atoms in total.